The Kier molecular flexibility index (Phi) is 12.0. The fourth-order valence-electron chi connectivity index (χ4n) is 3.25. The molecule has 0 saturated carbocycles. The number of halogens is 1. The van der Waals surface area contributed by atoms with Crippen LogP contribution in [0.15, 0.2) is 29.3 Å². The maximum Gasteiger partial charge on any atom is 0.309 e. The zero-order valence-electron chi connectivity index (χ0n) is 18.1. The highest BCUT2D eigenvalue weighted by atomic mass is 127. The number of nitrogens with zero attached hydrogens (tertiary/aromatic N) is 2. The van der Waals surface area contributed by atoms with Crippen LogP contribution < -0.4 is 10.1 Å². The monoisotopic (exact) mass is 517 g/mol. The van der Waals surface area contributed by atoms with Gasteiger partial charge in [-0.1, -0.05) is 26.0 Å². The molecule has 1 heterocycles. The summed E-state index contributed by atoms with van der Waals surface area (Å²) in [7, 11) is 1.81. The van der Waals surface area contributed by atoms with Crippen molar-refractivity contribution in [2.24, 2.45) is 16.8 Å². The molecule has 1 N–H and O–H groups in total. The molecule has 0 bridgehead atoms. The van der Waals surface area contributed by atoms with Crippen molar-refractivity contribution >= 4 is 35.9 Å². The number of rotatable bonds is 8. The van der Waals surface area contributed by atoms with Gasteiger partial charge in [0.25, 0.3) is 0 Å². The van der Waals surface area contributed by atoms with E-state index in [1.807, 2.05) is 19.1 Å². The quantitative estimate of drug-likeness (QED) is 0.247. The zero-order chi connectivity index (χ0) is 20.4. The Morgan fingerprint density at radius 2 is 1.90 bits per heavy atom. The molecule has 0 unspecified atom stereocenters. The van der Waals surface area contributed by atoms with Crippen LogP contribution in [0.3, 0.4) is 0 Å². The number of nitrogens with one attached hydrogen (secondary N) is 1. The van der Waals surface area contributed by atoms with Gasteiger partial charge in [0.05, 0.1) is 19.1 Å². The van der Waals surface area contributed by atoms with Gasteiger partial charge in [0, 0.05) is 26.7 Å². The minimum atomic E-state index is -0.0640. The van der Waals surface area contributed by atoms with E-state index in [4.69, 9.17) is 9.47 Å². The lowest BCUT2D eigenvalue weighted by molar-refractivity contribution is -0.149. The molecule has 0 amide bonds. The van der Waals surface area contributed by atoms with E-state index in [9.17, 15) is 4.79 Å². The summed E-state index contributed by atoms with van der Waals surface area (Å²) < 4.78 is 10.9. The Bertz CT molecular complexity index is 627. The Labute approximate surface area is 192 Å². The number of benzene rings is 1. The molecule has 1 aromatic rings. The fraction of sp³-hybridized carbons (Fsp3) is 0.636. The molecule has 0 atom stereocenters. The number of guanidine groups is 1. The Morgan fingerprint density at radius 3 is 2.45 bits per heavy atom. The number of carbonyl (C=O) groups is 1. The number of ether oxygens (including phenoxy) is 2. The number of piperidine rings is 1. The lowest BCUT2D eigenvalue weighted by Gasteiger charge is -2.33. The van der Waals surface area contributed by atoms with Crippen LogP contribution in [0.1, 0.15) is 39.2 Å². The smallest absolute Gasteiger partial charge is 0.309 e. The third kappa shape index (κ3) is 8.80. The van der Waals surface area contributed by atoms with Gasteiger partial charge in [-0.2, -0.15) is 0 Å². The van der Waals surface area contributed by atoms with Crippen LogP contribution in [-0.4, -0.2) is 56.7 Å². The van der Waals surface area contributed by atoms with Crippen molar-refractivity contribution in [2.75, 3.05) is 39.9 Å². The first kappa shape index (κ1) is 25.5. The van der Waals surface area contributed by atoms with Crippen LogP contribution >= 0.6 is 24.0 Å². The van der Waals surface area contributed by atoms with Crippen molar-refractivity contribution in [2.45, 2.75) is 40.0 Å². The summed E-state index contributed by atoms with van der Waals surface area (Å²) in [6.07, 6.45) is 2.55. The van der Waals surface area contributed by atoms with Gasteiger partial charge in [0.1, 0.15) is 5.75 Å². The highest BCUT2D eigenvalue weighted by Crippen LogP contribution is 2.19. The summed E-state index contributed by atoms with van der Waals surface area (Å²) in [5.41, 5.74) is 1.26. The number of aliphatic imine (C=N–C) groups is 1. The zero-order valence-corrected chi connectivity index (χ0v) is 20.5. The van der Waals surface area contributed by atoms with Gasteiger partial charge >= 0.3 is 5.97 Å². The number of esters is 1. The molecule has 1 aliphatic heterocycles. The van der Waals surface area contributed by atoms with E-state index in [1.165, 1.54) is 5.56 Å². The average molecular weight is 517 g/mol. The molecule has 0 aromatic heterocycles. The van der Waals surface area contributed by atoms with E-state index in [1.54, 1.807) is 7.05 Å². The van der Waals surface area contributed by atoms with Crippen LogP contribution in [-0.2, 0) is 16.0 Å². The summed E-state index contributed by atoms with van der Waals surface area (Å²) in [5, 5.41) is 3.44. The largest absolute Gasteiger partial charge is 0.493 e. The van der Waals surface area contributed by atoms with Crippen molar-refractivity contribution < 1.29 is 14.3 Å². The summed E-state index contributed by atoms with van der Waals surface area (Å²) in [6, 6.07) is 8.30. The van der Waals surface area contributed by atoms with Gasteiger partial charge in [-0.3, -0.25) is 9.79 Å². The van der Waals surface area contributed by atoms with Gasteiger partial charge in [-0.25, -0.2) is 0 Å². The predicted octanol–water partition coefficient (Wildman–Crippen LogP) is 3.73. The lowest BCUT2D eigenvalue weighted by atomic mass is 9.97. The molecule has 0 aliphatic carbocycles. The first-order chi connectivity index (χ1) is 13.5. The third-order valence-electron chi connectivity index (χ3n) is 4.83. The Balaban J connectivity index is 0.00000420. The number of carbonyl (C=O) groups excluding carboxylic acids is 1. The minimum Gasteiger partial charge on any atom is -0.493 e. The van der Waals surface area contributed by atoms with Crippen molar-refractivity contribution in [3.8, 4) is 5.75 Å². The normalized spacial score (nSPS) is 15.1. The maximum atomic E-state index is 11.9. The summed E-state index contributed by atoms with van der Waals surface area (Å²) in [4.78, 5) is 18.5. The van der Waals surface area contributed by atoms with Gasteiger partial charge in [-0.05, 0) is 49.8 Å². The van der Waals surface area contributed by atoms with E-state index < -0.39 is 0 Å². The van der Waals surface area contributed by atoms with Crippen molar-refractivity contribution in [1.82, 2.24) is 10.2 Å². The van der Waals surface area contributed by atoms with E-state index in [-0.39, 0.29) is 35.9 Å². The fourth-order valence-corrected chi connectivity index (χ4v) is 3.25. The van der Waals surface area contributed by atoms with Crippen molar-refractivity contribution in [3.05, 3.63) is 29.8 Å². The molecule has 1 aromatic carbocycles. The minimum absolute atomic E-state index is 0. The Hall–Kier alpha value is -1.51. The van der Waals surface area contributed by atoms with Crippen LogP contribution in [0.2, 0.25) is 0 Å². The van der Waals surface area contributed by atoms with E-state index in [2.05, 4.69) is 41.2 Å². The summed E-state index contributed by atoms with van der Waals surface area (Å²) in [6.45, 7) is 9.80. The molecule has 0 spiro atoms. The molecular formula is C22H36IN3O3. The number of hydrogen-bond acceptors (Lipinski definition) is 4. The second-order valence-corrected chi connectivity index (χ2v) is 7.59. The molecule has 6 nitrogen and oxygen atoms in total. The molecular weight excluding hydrogens is 481 g/mol. The highest BCUT2D eigenvalue weighted by molar-refractivity contribution is 14.0. The topological polar surface area (TPSA) is 63.2 Å². The van der Waals surface area contributed by atoms with Crippen LogP contribution in [0.5, 0.6) is 5.75 Å². The number of hydrogen-bond donors (Lipinski definition) is 1. The van der Waals surface area contributed by atoms with Gasteiger partial charge in [0.2, 0.25) is 0 Å². The lowest BCUT2D eigenvalue weighted by Crippen LogP contribution is -2.47. The molecule has 29 heavy (non-hydrogen) atoms. The van der Waals surface area contributed by atoms with Crippen LogP contribution in [0.4, 0.5) is 0 Å². The predicted molar refractivity (Wildman–Crippen MR) is 128 cm³/mol. The molecule has 0 radical (unpaired) electrons. The summed E-state index contributed by atoms with van der Waals surface area (Å²) in [5.74, 6) is 2.31. The molecule has 2 rings (SSSR count). The average Bonchev–Trinajstić information content (AvgIpc) is 2.71. The van der Waals surface area contributed by atoms with Gasteiger partial charge in [0.15, 0.2) is 5.96 Å². The van der Waals surface area contributed by atoms with E-state index in [0.29, 0.717) is 12.5 Å². The van der Waals surface area contributed by atoms with Crippen molar-refractivity contribution in [1.29, 1.82) is 0 Å². The second kappa shape index (κ2) is 13.7. The maximum absolute atomic E-state index is 11.9. The molecule has 7 heteroatoms. The first-order valence-corrected chi connectivity index (χ1v) is 10.4. The van der Waals surface area contributed by atoms with Crippen LogP contribution in [0, 0.1) is 11.8 Å². The SMILES string of the molecule is CCOC(=O)C1CCN(C(=NC)NCCc2ccc(OCC(C)C)cc2)CC1.I. The third-order valence-corrected chi connectivity index (χ3v) is 4.83. The Morgan fingerprint density at radius 1 is 1.24 bits per heavy atom. The molecule has 1 saturated heterocycles. The van der Waals surface area contributed by atoms with E-state index in [0.717, 1.165) is 57.2 Å². The van der Waals surface area contributed by atoms with Crippen LogP contribution in [0.25, 0.3) is 0 Å². The standard InChI is InChI=1S/C22H35N3O3.HI/c1-5-27-21(26)19-11-14-25(15-12-19)22(23-4)24-13-10-18-6-8-20(9-7-18)28-16-17(2)3;/h6-9,17,19H,5,10-16H2,1-4H3,(H,23,24);1H. The van der Waals surface area contributed by atoms with Gasteiger partial charge in [-0.15, -0.1) is 24.0 Å². The van der Waals surface area contributed by atoms with Crippen molar-refractivity contribution in [3.63, 3.8) is 0 Å². The highest BCUT2D eigenvalue weighted by Gasteiger charge is 2.27. The molecule has 1 fully saturated rings. The van der Waals surface area contributed by atoms with E-state index >= 15 is 0 Å². The summed E-state index contributed by atoms with van der Waals surface area (Å²) >= 11 is 0. The van der Waals surface area contributed by atoms with Gasteiger partial charge < -0.3 is 19.7 Å². The number of likely N-dealkylation sites (tertiary alicyclic amines) is 1. The second-order valence-electron chi connectivity index (χ2n) is 7.59. The molecule has 1 aliphatic rings. The first-order valence-electron chi connectivity index (χ1n) is 10.4. The molecule has 164 valence electrons.